The van der Waals surface area contributed by atoms with E-state index in [9.17, 15) is 4.79 Å². The number of nitrogens with two attached hydrogens (primary N) is 1. The number of nitrogens with zero attached hydrogens (tertiary/aromatic N) is 2. The molecule has 0 bridgehead atoms. The highest BCUT2D eigenvalue weighted by Crippen LogP contribution is 2.11. The number of methoxy groups -OCH3 is 1. The highest BCUT2D eigenvalue weighted by atomic mass is 16.5. The Morgan fingerprint density at radius 3 is 2.71 bits per heavy atom. The summed E-state index contributed by atoms with van der Waals surface area (Å²) in [5, 5.41) is 2.61. The van der Waals surface area contributed by atoms with Crippen molar-refractivity contribution in [3.05, 3.63) is 47.7 Å². The zero-order valence-corrected chi connectivity index (χ0v) is 12.0. The van der Waals surface area contributed by atoms with Gasteiger partial charge in [0.25, 0.3) is 0 Å². The lowest BCUT2D eigenvalue weighted by atomic mass is 10.1. The molecule has 1 aromatic heterocycles. The summed E-state index contributed by atoms with van der Waals surface area (Å²) in [6, 6.07) is 10.6. The lowest BCUT2D eigenvalue weighted by molar-refractivity contribution is -0.117. The first-order valence-corrected chi connectivity index (χ1v) is 6.58. The molecule has 6 heteroatoms. The molecule has 6 nitrogen and oxygen atoms in total. The number of rotatable bonds is 5. The number of nitrogens with one attached hydrogen (secondary N) is 1. The number of benzene rings is 1. The van der Waals surface area contributed by atoms with Crippen LogP contribution in [0.4, 0.5) is 5.95 Å². The van der Waals surface area contributed by atoms with Crippen LogP contribution in [0.2, 0.25) is 0 Å². The van der Waals surface area contributed by atoms with Crippen molar-refractivity contribution in [1.29, 1.82) is 0 Å². The fourth-order valence-electron chi connectivity index (χ4n) is 1.86. The minimum atomic E-state index is -0.664. The van der Waals surface area contributed by atoms with E-state index in [0.29, 0.717) is 18.0 Å². The predicted molar refractivity (Wildman–Crippen MR) is 80.1 cm³/mol. The van der Waals surface area contributed by atoms with Gasteiger partial charge in [0.15, 0.2) is 0 Å². The molecule has 0 saturated carbocycles. The number of aromatic nitrogens is 2. The van der Waals surface area contributed by atoms with E-state index in [1.165, 1.54) is 7.11 Å². The fraction of sp³-hybridized carbons (Fsp3) is 0.267. The van der Waals surface area contributed by atoms with Gasteiger partial charge in [-0.05, 0) is 18.9 Å². The van der Waals surface area contributed by atoms with Crippen LogP contribution in [0.3, 0.4) is 0 Å². The van der Waals surface area contributed by atoms with Gasteiger partial charge in [0.1, 0.15) is 0 Å². The zero-order valence-electron chi connectivity index (χ0n) is 12.0. The van der Waals surface area contributed by atoms with E-state index >= 15 is 0 Å². The molecule has 1 aromatic carbocycles. The number of aryl methyl sites for hydroxylation is 1. The second-order valence-electron chi connectivity index (χ2n) is 4.66. The van der Waals surface area contributed by atoms with E-state index < -0.39 is 6.04 Å². The second-order valence-corrected chi connectivity index (χ2v) is 4.66. The summed E-state index contributed by atoms with van der Waals surface area (Å²) >= 11 is 0. The summed E-state index contributed by atoms with van der Waals surface area (Å²) in [5.74, 6) is 0.265. The van der Waals surface area contributed by atoms with Gasteiger partial charge in [-0.3, -0.25) is 10.1 Å². The molecule has 21 heavy (non-hydrogen) atoms. The Labute approximate surface area is 123 Å². The Morgan fingerprint density at radius 2 is 2.05 bits per heavy atom. The van der Waals surface area contributed by atoms with Gasteiger partial charge in [0.2, 0.25) is 17.7 Å². The molecule has 0 aliphatic rings. The van der Waals surface area contributed by atoms with Crippen LogP contribution in [-0.4, -0.2) is 29.0 Å². The molecule has 2 aromatic rings. The topological polar surface area (TPSA) is 90.1 Å². The molecule has 0 radical (unpaired) electrons. The maximum Gasteiger partial charge on any atom is 0.243 e. The minimum absolute atomic E-state index is 0.195. The SMILES string of the molecule is COc1cc(C)nc(NC(=O)[C@@H](N)Cc2ccccc2)n1. The molecule has 0 saturated heterocycles. The standard InChI is InChI=1S/C15H18N4O2/c1-10-8-13(21-2)18-15(17-10)19-14(20)12(16)9-11-6-4-3-5-7-11/h3-8,12H,9,16H2,1-2H3,(H,17,18,19,20)/t12-/m0/s1. The van der Waals surface area contributed by atoms with Gasteiger partial charge < -0.3 is 10.5 Å². The van der Waals surface area contributed by atoms with Crippen molar-refractivity contribution in [3.8, 4) is 5.88 Å². The van der Waals surface area contributed by atoms with Crippen LogP contribution in [0.1, 0.15) is 11.3 Å². The smallest absolute Gasteiger partial charge is 0.243 e. The Kier molecular flexibility index (Phi) is 4.84. The summed E-state index contributed by atoms with van der Waals surface area (Å²) < 4.78 is 5.04. The number of carbonyl (C=O) groups is 1. The number of anilines is 1. The van der Waals surface area contributed by atoms with Gasteiger partial charge in [-0.25, -0.2) is 4.98 Å². The van der Waals surface area contributed by atoms with Gasteiger partial charge >= 0.3 is 0 Å². The lowest BCUT2D eigenvalue weighted by Gasteiger charge is -2.12. The van der Waals surface area contributed by atoms with E-state index in [1.807, 2.05) is 30.3 Å². The Balaban J connectivity index is 2.02. The second kappa shape index (κ2) is 6.81. The molecule has 1 atom stereocenters. The zero-order chi connectivity index (χ0) is 15.2. The average molecular weight is 286 g/mol. The molecule has 2 rings (SSSR count). The Morgan fingerprint density at radius 1 is 1.33 bits per heavy atom. The van der Waals surface area contributed by atoms with Crippen LogP contribution in [-0.2, 0) is 11.2 Å². The predicted octanol–water partition coefficient (Wildman–Crippen LogP) is 1.30. The Bertz CT molecular complexity index is 616. The van der Waals surface area contributed by atoms with Gasteiger partial charge in [0.05, 0.1) is 13.2 Å². The molecule has 0 unspecified atom stereocenters. The summed E-state index contributed by atoms with van der Waals surface area (Å²) in [6.07, 6.45) is 0.454. The fourth-order valence-corrected chi connectivity index (χ4v) is 1.86. The van der Waals surface area contributed by atoms with Crippen molar-refractivity contribution in [1.82, 2.24) is 9.97 Å². The summed E-state index contributed by atoms with van der Waals surface area (Å²) in [4.78, 5) is 20.3. The number of hydrogen-bond acceptors (Lipinski definition) is 5. The molecule has 0 fully saturated rings. The summed E-state index contributed by atoms with van der Waals surface area (Å²) in [7, 11) is 1.51. The van der Waals surface area contributed by atoms with Gasteiger partial charge in [-0.1, -0.05) is 30.3 Å². The molecule has 3 N–H and O–H groups in total. The molecule has 1 heterocycles. The van der Waals surface area contributed by atoms with Crippen LogP contribution in [0.15, 0.2) is 36.4 Å². The van der Waals surface area contributed by atoms with E-state index in [2.05, 4.69) is 15.3 Å². The highest BCUT2D eigenvalue weighted by Gasteiger charge is 2.16. The first-order chi connectivity index (χ1) is 10.1. The van der Waals surface area contributed by atoms with Crippen LogP contribution in [0.5, 0.6) is 5.88 Å². The Hall–Kier alpha value is -2.47. The molecule has 0 aliphatic heterocycles. The first kappa shape index (κ1) is 14.9. The number of ether oxygens (including phenoxy) is 1. The summed E-state index contributed by atoms with van der Waals surface area (Å²) in [5.41, 5.74) is 7.61. The van der Waals surface area contributed by atoms with Gasteiger partial charge in [-0.15, -0.1) is 0 Å². The third kappa shape index (κ3) is 4.25. The van der Waals surface area contributed by atoms with Crippen molar-refractivity contribution >= 4 is 11.9 Å². The highest BCUT2D eigenvalue weighted by molar-refractivity contribution is 5.93. The van der Waals surface area contributed by atoms with E-state index in [-0.39, 0.29) is 11.9 Å². The third-order valence-corrected chi connectivity index (χ3v) is 2.91. The maximum absolute atomic E-state index is 12.1. The first-order valence-electron chi connectivity index (χ1n) is 6.58. The maximum atomic E-state index is 12.1. The number of amides is 1. The van der Waals surface area contributed by atoms with Crippen LogP contribution in [0.25, 0.3) is 0 Å². The van der Waals surface area contributed by atoms with E-state index in [0.717, 1.165) is 5.56 Å². The molecule has 1 amide bonds. The normalized spacial score (nSPS) is 11.8. The quantitative estimate of drug-likeness (QED) is 0.864. The van der Waals surface area contributed by atoms with Crippen molar-refractivity contribution in [2.45, 2.75) is 19.4 Å². The van der Waals surface area contributed by atoms with Crippen LogP contribution in [0, 0.1) is 6.92 Å². The molecular weight excluding hydrogens is 268 g/mol. The van der Waals surface area contributed by atoms with Crippen LogP contribution < -0.4 is 15.8 Å². The summed E-state index contributed by atoms with van der Waals surface area (Å²) in [6.45, 7) is 1.80. The van der Waals surface area contributed by atoms with Crippen molar-refractivity contribution in [3.63, 3.8) is 0 Å². The molecule has 0 aliphatic carbocycles. The van der Waals surface area contributed by atoms with E-state index in [4.69, 9.17) is 10.5 Å². The minimum Gasteiger partial charge on any atom is -0.481 e. The third-order valence-electron chi connectivity index (χ3n) is 2.91. The lowest BCUT2D eigenvalue weighted by Crippen LogP contribution is -2.37. The van der Waals surface area contributed by atoms with E-state index in [1.54, 1.807) is 13.0 Å². The molecule has 0 spiro atoms. The largest absolute Gasteiger partial charge is 0.481 e. The van der Waals surface area contributed by atoms with Gasteiger partial charge in [-0.2, -0.15) is 4.98 Å². The molecule has 110 valence electrons. The average Bonchev–Trinajstić information content (AvgIpc) is 2.47. The van der Waals surface area contributed by atoms with Crippen molar-refractivity contribution < 1.29 is 9.53 Å². The van der Waals surface area contributed by atoms with Crippen LogP contribution >= 0.6 is 0 Å². The molecular formula is C15H18N4O2. The number of carbonyl (C=O) groups excluding carboxylic acids is 1. The van der Waals surface area contributed by atoms with Gasteiger partial charge in [0, 0.05) is 11.8 Å². The number of hydrogen-bond donors (Lipinski definition) is 2. The van der Waals surface area contributed by atoms with Crippen molar-refractivity contribution in [2.24, 2.45) is 5.73 Å². The monoisotopic (exact) mass is 286 g/mol. The van der Waals surface area contributed by atoms with Crippen molar-refractivity contribution in [2.75, 3.05) is 12.4 Å².